The van der Waals surface area contributed by atoms with Gasteiger partial charge in [0, 0.05) is 5.57 Å². The van der Waals surface area contributed by atoms with Crippen LogP contribution in [0.2, 0.25) is 0 Å². The van der Waals surface area contributed by atoms with Gasteiger partial charge in [0.1, 0.15) is 0 Å². The van der Waals surface area contributed by atoms with E-state index in [1.54, 1.807) is 0 Å². The van der Waals surface area contributed by atoms with Crippen LogP contribution in [0.15, 0.2) is 72.3 Å². The maximum atomic E-state index is 12.4. The lowest BCUT2D eigenvalue weighted by atomic mass is 9.88. The van der Waals surface area contributed by atoms with Gasteiger partial charge in [0.05, 0.1) is 0 Å². The fourth-order valence-corrected chi connectivity index (χ4v) is 3.71. The van der Waals surface area contributed by atoms with Crippen LogP contribution in [0.5, 0.6) is 0 Å². The van der Waals surface area contributed by atoms with Crippen LogP contribution >= 0.6 is 0 Å². The number of allylic oxidation sites excluding steroid dienone is 5. The molecule has 0 bridgehead atoms. The van der Waals surface area contributed by atoms with Crippen molar-refractivity contribution >= 4 is 44.8 Å². The minimum atomic E-state index is -0.141. The van der Waals surface area contributed by atoms with Gasteiger partial charge in [-0.25, -0.2) is 0 Å². The monoisotopic (exact) mass is 308 g/mol. The highest BCUT2D eigenvalue weighted by molar-refractivity contribution is 6.31. The van der Waals surface area contributed by atoms with Gasteiger partial charge >= 0.3 is 0 Å². The molecule has 0 aromatic heterocycles. The van der Waals surface area contributed by atoms with Crippen molar-refractivity contribution in [1.29, 1.82) is 0 Å². The van der Waals surface area contributed by atoms with Crippen LogP contribution in [0, 0.1) is 0 Å². The zero-order valence-electron chi connectivity index (χ0n) is 12.7. The number of hydrogen-bond acceptors (Lipinski definition) is 2. The molecule has 3 aromatic carbocycles. The van der Waals surface area contributed by atoms with Gasteiger partial charge in [0.2, 0.25) is 0 Å². The molecule has 5 rings (SSSR count). The SMILES string of the molecule is O=C1C=CC(=O)C(C2=Cc3cccc4cc5ccccc5c2c34)=C1. The number of rotatable bonds is 1. The average Bonchev–Trinajstić information content (AvgIpc) is 2.99. The number of carbonyl (C=O) groups is 2. The fourth-order valence-electron chi connectivity index (χ4n) is 3.71. The summed E-state index contributed by atoms with van der Waals surface area (Å²) in [5.74, 6) is -0.257. The van der Waals surface area contributed by atoms with E-state index >= 15 is 0 Å². The summed E-state index contributed by atoms with van der Waals surface area (Å²) in [6, 6.07) is 16.5. The summed E-state index contributed by atoms with van der Waals surface area (Å²) in [5, 5.41) is 4.55. The summed E-state index contributed by atoms with van der Waals surface area (Å²) in [7, 11) is 0. The molecule has 0 spiro atoms. The minimum Gasteiger partial charge on any atom is -0.290 e. The Bertz CT molecular complexity index is 1170. The van der Waals surface area contributed by atoms with Crippen molar-refractivity contribution < 1.29 is 9.59 Å². The van der Waals surface area contributed by atoms with Crippen molar-refractivity contribution in [2.45, 2.75) is 0 Å². The number of fused-ring (bicyclic) bond motifs is 2. The van der Waals surface area contributed by atoms with Crippen molar-refractivity contribution in [1.82, 2.24) is 0 Å². The molecule has 3 aromatic rings. The predicted molar refractivity (Wildman–Crippen MR) is 96.6 cm³/mol. The molecule has 0 radical (unpaired) electrons. The Morgan fingerprint density at radius 3 is 2.46 bits per heavy atom. The molecule has 24 heavy (non-hydrogen) atoms. The lowest BCUT2D eigenvalue weighted by molar-refractivity contribution is -0.114. The Kier molecular flexibility index (Phi) is 2.54. The first kappa shape index (κ1) is 13.2. The molecule has 112 valence electrons. The van der Waals surface area contributed by atoms with E-state index in [9.17, 15) is 9.59 Å². The summed E-state index contributed by atoms with van der Waals surface area (Å²) in [6.07, 6.45) is 6.17. The third-order valence-electron chi connectivity index (χ3n) is 4.73. The normalized spacial score (nSPS) is 16.0. The van der Waals surface area contributed by atoms with Gasteiger partial charge in [0.15, 0.2) is 11.6 Å². The molecule has 0 atom stereocenters. The van der Waals surface area contributed by atoms with E-state index < -0.39 is 0 Å². The predicted octanol–water partition coefficient (Wildman–Crippen LogP) is 4.48. The number of carbonyl (C=O) groups excluding carboxylic acids is 2. The van der Waals surface area contributed by atoms with E-state index in [1.807, 2.05) is 24.3 Å². The first-order valence-electron chi connectivity index (χ1n) is 7.87. The zero-order valence-corrected chi connectivity index (χ0v) is 12.7. The van der Waals surface area contributed by atoms with Crippen LogP contribution < -0.4 is 0 Å². The molecule has 0 unspecified atom stereocenters. The van der Waals surface area contributed by atoms with Gasteiger partial charge in [-0.2, -0.15) is 0 Å². The van der Waals surface area contributed by atoms with Gasteiger partial charge in [-0.3, -0.25) is 9.59 Å². The van der Waals surface area contributed by atoms with Crippen LogP contribution in [-0.4, -0.2) is 11.6 Å². The van der Waals surface area contributed by atoms with Crippen LogP contribution in [0.4, 0.5) is 0 Å². The number of ketones is 2. The third-order valence-corrected chi connectivity index (χ3v) is 4.73. The molecule has 2 heteroatoms. The van der Waals surface area contributed by atoms with Crippen molar-refractivity contribution in [2.75, 3.05) is 0 Å². The largest absolute Gasteiger partial charge is 0.290 e. The molecule has 0 heterocycles. The van der Waals surface area contributed by atoms with Gasteiger partial charge < -0.3 is 0 Å². The Balaban J connectivity index is 1.91. The second kappa shape index (κ2) is 4.62. The summed E-state index contributed by atoms with van der Waals surface area (Å²) in [6.45, 7) is 0. The van der Waals surface area contributed by atoms with Crippen molar-refractivity contribution in [3.63, 3.8) is 0 Å². The zero-order chi connectivity index (χ0) is 16.3. The molecule has 0 aliphatic heterocycles. The van der Waals surface area contributed by atoms with Gasteiger partial charge in [-0.1, -0.05) is 42.5 Å². The third kappa shape index (κ3) is 1.71. The van der Waals surface area contributed by atoms with E-state index in [1.165, 1.54) is 18.2 Å². The van der Waals surface area contributed by atoms with E-state index in [0.29, 0.717) is 5.57 Å². The molecular weight excluding hydrogens is 296 g/mol. The van der Waals surface area contributed by atoms with Crippen molar-refractivity contribution in [3.8, 4) is 0 Å². The molecular formula is C22H12O2. The Morgan fingerprint density at radius 1 is 0.708 bits per heavy atom. The molecule has 2 aliphatic carbocycles. The molecule has 0 saturated heterocycles. The van der Waals surface area contributed by atoms with Crippen LogP contribution in [0.25, 0.3) is 33.2 Å². The maximum Gasteiger partial charge on any atom is 0.186 e. The van der Waals surface area contributed by atoms with E-state index in [4.69, 9.17) is 0 Å². The highest BCUT2D eigenvalue weighted by Crippen LogP contribution is 2.44. The van der Waals surface area contributed by atoms with E-state index in [2.05, 4.69) is 30.3 Å². The van der Waals surface area contributed by atoms with Crippen LogP contribution in [-0.2, 0) is 9.59 Å². The minimum absolute atomic E-state index is 0.116. The Labute approximate surface area is 138 Å². The van der Waals surface area contributed by atoms with Crippen LogP contribution in [0.1, 0.15) is 11.1 Å². The highest BCUT2D eigenvalue weighted by atomic mass is 16.1. The second-order valence-corrected chi connectivity index (χ2v) is 6.13. The van der Waals surface area contributed by atoms with E-state index in [-0.39, 0.29) is 11.6 Å². The van der Waals surface area contributed by atoms with E-state index in [0.717, 1.165) is 38.2 Å². The number of hydrogen-bond donors (Lipinski definition) is 0. The Hall–Kier alpha value is -3.26. The van der Waals surface area contributed by atoms with Crippen molar-refractivity contribution in [3.05, 3.63) is 83.5 Å². The first-order chi connectivity index (χ1) is 11.7. The maximum absolute atomic E-state index is 12.4. The molecule has 2 aliphatic rings. The smallest absolute Gasteiger partial charge is 0.186 e. The Morgan fingerprint density at radius 2 is 1.54 bits per heavy atom. The van der Waals surface area contributed by atoms with Gasteiger partial charge in [0.25, 0.3) is 0 Å². The summed E-state index contributed by atoms with van der Waals surface area (Å²) in [4.78, 5) is 24.2. The second-order valence-electron chi connectivity index (χ2n) is 6.13. The first-order valence-corrected chi connectivity index (χ1v) is 7.87. The standard InChI is InChI=1S/C22H12O2/c23-16-8-9-20(24)18(12-16)19-11-15-6-3-5-14-10-13-4-1-2-7-17(13)22(19)21(14)15/h1-12H. The average molecular weight is 308 g/mol. The van der Waals surface area contributed by atoms with Gasteiger partial charge in [-0.15, -0.1) is 0 Å². The quantitative estimate of drug-likeness (QED) is 0.490. The lowest BCUT2D eigenvalue weighted by Crippen LogP contribution is -2.08. The highest BCUT2D eigenvalue weighted by Gasteiger charge is 2.26. The summed E-state index contributed by atoms with van der Waals surface area (Å²) < 4.78 is 0. The lowest BCUT2D eigenvalue weighted by Gasteiger charge is -2.13. The molecule has 2 nitrogen and oxygen atoms in total. The molecule has 0 fully saturated rings. The topological polar surface area (TPSA) is 34.1 Å². The number of benzene rings is 3. The summed E-state index contributed by atoms with van der Waals surface area (Å²) >= 11 is 0. The van der Waals surface area contributed by atoms with Crippen LogP contribution in [0.3, 0.4) is 0 Å². The summed E-state index contributed by atoms with van der Waals surface area (Å²) in [5.41, 5.74) is 3.48. The van der Waals surface area contributed by atoms with Gasteiger partial charge in [-0.05, 0) is 68.6 Å². The molecule has 0 amide bonds. The fraction of sp³-hybridized carbons (Fsp3) is 0. The van der Waals surface area contributed by atoms with Crippen molar-refractivity contribution in [2.24, 2.45) is 0 Å². The molecule has 0 saturated carbocycles. The molecule has 0 N–H and O–H groups in total.